The van der Waals surface area contributed by atoms with Crippen LogP contribution in [0.4, 0.5) is 0 Å². The normalized spacial score (nSPS) is 20.6. The van der Waals surface area contributed by atoms with Crippen molar-refractivity contribution in [3.05, 3.63) is 0 Å². The highest BCUT2D eigenvalue weighted by Gasteiger charge is 2.25. The predicted octanol–water partition coefficient (Wildman–Crippen LogP) is 2.00. The van der Waals surface area contributed by atoms with Gasteiger partial charge in [-0.15, -0.1) is 0 Å². The van der Waals surface area contributed by atoms with Crippen molar-refractivity contribution in [2.45, 2.75) is 65.5 Å². The quantitative estimate of drug-likeness (QED) is 0.636. The highest BCUT2D eigenvalue weighted by molar-refractivity contribution is 5.81. The summed E-state index contributed by atoms with van der Waals surface area (Å²) in [6.45, 7) is 12.5. The highest BCUT2D eigenvalue weighted by Crippen LogP contribution is 2.11. The summed E-state index contributed by atoms with van der Waals surface area (Å²) >= 11 is 0. The lowest BCUT2D eigenvalue weighted by Gasteiger charge is -2.32. The van der Waals surface area contributed by atoms with Gasteiger partial charge in [0.05, 0.1) is 6.04 Å². The van der Waals surface area contributed by atoms with E-state index >= 15 is 0 Å². The van der Waals surface area contributed by atoms with Gasteiger partial charge in [0, 0.05) is 25.7 Å². The molecule has 1 aliphatic rings. The minimum atomic E-state index is -0.0309. The molecule has 2 N–H and O–H groups in total. The van der Waals surface area contributed by atoms with Gasteiger partial charge < -0.3 is 10.6 Å². The van der Waals surface area contributed by atoms with Crippen molar-refractivity contribution in [2.75, 3.05) is 26.2 Å². The second-order valence-corrected chi connectivity index (χ2v) is 6.46. The third-order valence-corrected chi connectivity index (χ3v) is 3.97. The van der Waals surface area contributed by atoms with Gasteiger partial charge in [-0.1, -0.05) is 27.2 Å². The molecule has 2 atom stereocenters. The average molecular weight is 283 g/mol. The Bertz CT molecular complexity index is 275. The molecule has 1 heterocycles. The number of carbonyl (C=O) groups excluding carboxylic acids is 1. The predicted molar refractivity (Wildman–Crippen MR) is 84.8 cm³/mol. The molecule has 20 heavy (non-hydrogen) atoms. The number of nitrogens with one attached hydrogen (secondary N) is 2. The zero-order chi connectivity index (χ0) is 15.0. The average Bonchev–Trinajstić information content (AvgIpc) is 2.89. The van der Waals surface area contributed by atoms with Crippen LogP contribution < -0.4 is 10.6 Å². The van der Waals surface area contributed by atoms with Crippen LogP contribution in [-0.4, -0.2) is 49.1 Å². The van der Waals surface area contributed by atoms with Crippen LogP contribution in [-0.2, 0) is 4.79 Å². The first kappa shape index (κ1) is 17.4. The second-order valence-electron chi connectivity index (χ2n) is 6.46. The Morgan fingerprint density at radius 3 is 2.70 bits per heavy atom. The molecule has 1 fully saturated rings. The summed E-state index contributed by atoms with van der Waals surface area (Å²) in [6.07, 6.45) is 4.68. The number of rotatable bonds is 9. The smallest absolute Gasteiger partial charge is 0.237 e. The summed E-state index contributed by atoms with van der Waals surface area (Å²) in [4.78, 5) is 14.6. The van der Waals surface area contributed by atoms with Gasteiger partial charge in [-0.05, 0) is 38.6 Å². The minimum absolute atomic E-state index is 0.0309. The van der Waals surface area contributed by atoms with E-state index in [4.69, 9.17) is 0 Å². The third-order valence-electron chi connectivity index (χ3n) is 3.97. The molecule has 4 nitrogen and oxygen atoms in total. The molecule has 0 aromatic rings. The molecular weight excluding hydrogens is 250 g/mol. The molecule has 1 saturated heterocycles. The van der Waals surface area contributed by atoms with Crippen LogP contribution in [0.15, 0.2) is 0 Å². The molecule has 1 rings (SSSR count). The lowest BCUT2D eigenvalue weighted by Crippen LogP contribution is -2.50. The highest BCUT2D eigenvalue weighted by atomic mass is 16.2. The van der Waals surface area contributed by atoms with E-state index in [9.17, 15) is 4.79 Å². The van der Waals surface area contributed by atoms with Crippen molar-refractivity contribution in [1.82, 2.24) is 15.5 Å². The van der Waals surface area contributed by atoms with E-state index in [-0.39, 0.29) is 11.9 Å². The SMILES string of the molecule is CCCCNC(=O)C(C)N(CC(C)C)CC1CCCN1. The van der Waals surface area contributed by atoms with Gasteiger partial charge in [0.1, 0.15) is 0 Å². The Kier molecular flexibility index (Phi) is 8.15. The van der Waals surface area contributed by atoms with E-state index < -0.39 is 0 Å². The molecule has 0 saturated carbocycles. The number of carbonyl (C=O) groups is 1. The Labute approximate surface area is 124 Å². The van der Waals surface area contributed by atoms with E-state index in [0.29, 0.717) is 12.0 Å². The first-order valence-corrected chi connectivity index (χ1v) is 8.29. The molecule has 0 aromatic heterocycles. The van der Waals surface area contributed by atoms with Gasteiger partial charge in [0.15, 0.2) is 0 Å². The largest absolute Gasteiger partial charge is 0.355 e. The number of unbranched alkanes of at least 4 members (excludes halogenated alkanes) is 1. The first-order valence-electron chi connectivity index (χ1n) is 8.29. The molecule has 1 amide bonds. The molecule has 2 unspecified atom stereocenters. The van der Waals surface area contributed by atoms with Gasteiger partial charge in [-0.25, -0.2) is 0 Å². The van der Waals surface area contributed by atoms with Crippen molar-refractivity contribution in [1.29, 1.82) is 0 Å². The Morgan fingerprint density at radius 1 is 1.40 bits per heavy atom. The Balaban J connectivity index is 2.48. The fraction of sp³-hybridized carbons (Fsp3) is 0.938. The zero-order valence-electron chi connectivity index (χ0n) is 13.7. The van der Waals surface area contributed by atoms with Crippen LogP contribution in [0.25, 0.3) is 0 Å². The first-order chi connectivity index (χ1) is 9.54. The maximum absolute atomic E-state index is 12.2. The second kappa shape index (κ2) is 9.35. The molecule has 0 aliphatic carbocycles. The molecule has 1 aliphatic heterocycles. The number of hydrogen-bond donors (Lipinski definition) is 2. The van der Waals surface area contributed by atoms with Crippen molar-refractivity contribution < 1.29 is 4.79 Å². The summed E-state index contributed by atoms with van der Waals surface area (Å²) in [5.74, 6) is 0.763. The van der Waals surface area contributed by atoms with Gasteiger partial charge in [0.25, 0.3) is 0 Å². The van der Waals surface area contributed by atoms with Crippen LogP contribution in [0, 0.1) is 5.92 Å². The maximum atomic E-state index is 12.2. The lowest BCUT2D eigenvalue weighted by atomic mass is 10.1. The van der Waals surface area contributed by atoms with Gasteiger partial charge >= 0.3 is 0 Å². The molecule has 0 spiro atoms. The summed E-state index contributed by atoms with van der Waals surface area (Å²) in [5.41, 5.74) is 0. The molecule has 0 aromatic carbocycles. The summed E-state index contributed by atoms with van der Waals surface area (Å²) in [7, 11) is 0. The summed E-state index contributed by atoms with van der Waals surface area (Å²) < 4.78 is 0. The lowest BCUT2D eigenvalue weighted by molar-refractivity contribution is -0.126. The van der Waals surface area contributed by atoms with E-state index in [1.165, 1.54) is 12.8 Å². The van der Waals surface area contributed by atoms with Gasteiger partial charge in [-0.3, -0.25) is 9.69 Å². The van der Waals surface area contributed by atoms with E-state index in [0.717, 1.165) is 39.0 Å². The monoisotopic (exact) mass is 283 g/mol. The number of hydrogen-bond acceptors (Lipinski definition) is 3. The van der Waals surface area contributed by atoms with Crippen molar-refractivity contribution in [2.24, 2.45) is 5.92 Å². The van der Waals surface area contributed by atoms with Crippen LogP contribution >= 0.6 is 0 Å². The van der Waals surface area contributed by atoms with Crippen molar-refractivity contribution in [3.8, 4) is 0 Å². The minimum Gasteiger partial charge on any atom is -0.355 e. The van der Waals surface area contributed by atoms with Gasteiger partial charge in [-0.2, -0.15) is 0 Å². The Morgan fingerprint density at radius 2 is 2.15 bits per heavy atom. The fourth-order valence-electron chi connectivity index (χ4n) is 2.76. The zero-order valence-corrected chi connectivity index (χ0v) is 13.7. The van der Waals surface area contributed by atoms with E-state index in [2.05, 4.69) is 36.3 Å². The molecule has 118 valence electrons. The fourth-order valence-corrected chi connectivity index (χ4v) is 2.76. The van der Waals surface area contributed by atoms with Crippen LogP contribution in [0.1, 0.15) is 53.4 Å². The van der Waals surface area contributed by atoms with Gasteiger partial charge in [0.2, 0.25) is 5.91 Å². The summed E-state index contributed by atoms with van der Waals surface area (Å²) in [5, 5.41) is 6.59. The maximum Gasteiger partial charge on any atom is 0.237 e. The summed E-state index contributed by atoms with van der Waals surface area (Å²) in [6, 6.07) is 0.524. The topological polar surface area (TPSA) is 44.4 Å². The van der Waals surface area contributed by atoms with Crippen molar-refractivity contribution in [3.63, 3.8) is 0 Å². The van der Waals surface area contributed by atoms with Crippen LogP contribution in [0.5, 0.6) is 0 Å². The molecule has 0 bridgehead atoms. The standard InChI is InChI=1S/C16H33N3O/c1-5-6-9-18-16(20)14(4)19(11-13(2)3)12-15-8-7-10-17-15/h13-15,17H,5-12H2,1-4H3,(H,18,20). The molecule has 0 radical (unpaired) electrons. The van der Waals surface area contributed by atoms with Crippen LogP contribution in [0.3, 0.4) is 0 Å². The van der Waals surface area contributed by atoms with Crippen molar-refractivity contribution >= 4 is 5.91 Å². The molecule has 4 heteroatoms. The number of nitrogens with zero attached hydrogens (tertiary/aromatic N) is 1. The van der Waals surface area contributed by atoms with E-state index in [1.54, 1.807) is 0 Å². The molecular formula is C16H33N3O. The number of amides is 1. The van der Waals surface area contributed by atoms with E-state index in [1.807, 2.05) is 6.92 Å². The third kappa shape index (κ3) is 6.23. The van der Waals surface area contributed by atoms with Crippen LogP contribution in [0.2, 0.25) is 0 Å². The Hall–Kier alpha value is -0.610.